The zero-order valence-corrected chi connectivity index (χ0v) is 15.2. The van der Waals surface area contributed by atoms with Crippen molar-refractivity contribution in [3.05, 3.63) is 46.7 Å². The maximum absolute atomic E-state index is 12.6. The molecule has 0 saturated heterocycles. The van der Waals surface area contributed by atoms with Crippen molar-refractivity contribution in [1.29, 1.82) is 0 Å². The molecular formula is C15H12N2O5S3. The summed E-state index contributed by atoms with van der Waals surface area (Å²) in [5.41, 5.74) is 0.517. The number of anilines is 1. The second kappa shape index (κ2) is 6.82. The Bertz CT molecular complexity index is 1010. The molecule has 0 aliphatic rings. The Morgan fingerprint density at radius 3 is 2.72 bits per heavy atom. The predicted molar refractivity (Wildman–Crippen MR) is 96.2 cm³/mol. The average Bonchev–Trinajstić information content (AvgIpc) is 3.25. The van der Waals surface area contributed by atoms with Crippen LogP contribution in [-0.4, -0.2) is 31.6 Å². The molecule has 1 aromatic carbocycles. The Morgan fingerprint density at radius 1 is 1.28 bits per heavy atom. The van der Waals surface area contributed by atoms with Gasteiger partial charge in [-0.15, -0.1) is 22.7 Å². The van der Waals surface area contributed by atoms with E-state index in [2.05, 4.69) is 9.71 Å². The van der Waals surface area contributed by atoms with E-state index in [0.717, 1.165) is 22.3 Å². The van der Waals surface area contributed by atoms with Crippen LogP contribution < -0.4 is 9.46 Å². The van der Waals surface area contributed by atoms with Gasteiger partial charge in [-0.3, -0.25) is 4.72 Å². The molecule has 2 heterocycles. The molecule has 10 heteroatoms. The number of benzene rings is 1. The maximum Gasteiger partial charge on any atom is 0.335 e. The fraction of sp³-hybridized carbons (Fsp3) is 0.0667. The predicted octanol–water partition coefficient (Wildman–Crippen LogP) is 3.38. The highest BCUT2D eigenvalue weighted by atomic mass is 32.2. The lowest BCUT2D eigenvalue weighted by atomic mass is 10.2. The Kier molecular flexibility index (Phi) is 4.75. The minimum absolute atomic E-state index is 0.0486. The summed E-state index contributed by atoms with van der Waals surface area (Å²) in [6.07, 6.45) is 0. The third kappa shape index (κ3) is 3.65. The van der Waals surface area contributed by atoms with E-state index in [4.69, 9.17) is 9.84 Å². The highest BCUT2D eigenvalue weighted by Gasteiger charge is 2.23. The van der Waals surface area contributed by atoms with Crippen LogP contribution in [0.2, 0.25) is 0 Å². The largest absolute Gasteiger partial charge is 0.495 e. The number of aromatic carboxylic acids is 1. The van der Waals surface area contributed by atoms with Crippen LogP contribution in [0.1, 0.15) is 10.4 Å². The molecule has 0 bridgehead atoms. The molecule has 2 aromatic heterocycles. The molecular weight excluding hydrogens is 384 g/mol. The SMILES string of the molecule is COc1ccc(C(=O)O)cc1S(=O)(=O)Nc1nc(-c2cccs2)cs1. The summed E-state index contributed by atoms with van der Waals surface area (Å²) in [6, 6.07) is 7.40. The fourth-order valence-electron chi connectivity index (χ4n) is 2.05. The number of rotatable bonds is 6. The fourth-order valence-corrected chi connectivity index (χ4v) is 4.97. The zero-order chi connectivity index (χ0) is 18.0. The number of aromatic nitrogens is 1. The average molecular weight is 396 g/mol. The Hall–Kier alpha value is -2.43. The quantitative estimate of drug-likeness (QED) is 0.662. The molecule has 0 radical (unpaired) electrons. The van der Waals surface area contributed by atoms with Gasteiger partial charge in [-0.05, 0) is 29.6 Å². The van der Waals surface area contributed by atoms with E-state index >= 15 is 0 Å². The monoisotopic (exact) mass is 396 g/mol. The molecule has 0 aliphatic heterocycles. The van der Waals surface area contributed by atoms with Gasteiger partial charge < -0.3 is 9.84 Å². The van der Waals surface area contributed by atoms with Crippen LogP contribution in [0.5, 0.6) is 5.75 Å². The number of hydrogen-bond donors (Lipinski definition) is 2. The van der Waals surface area contributed by atoms with Crippen LogP contribution in [-0.2, 0) is 10.0 Å². The lowest BCUT2D eigenvalue weighted by Crippen LogP contribution is -2.15. The number of ether oxygens (including phenoxy) is 1. The maximum atomic E-state index is 12.6. The summed E-state index contributed by atoms with van der Waals surface area (Å²) in [7, 11) is -2.74. The number of nitrogens with zero attached hydrogens (tertiary/aromatic N) is 1. The van der Waals surface area contributed by atoms with Crippen molar-refractivity contribution < 1.29 is 23.1 Å². The molecule has 130 valence electrons. The first kappa shape index (κ1) is 17.4. The smallest absolute Gasteiger partial charge is 0.335 e. The molecule has 0 atom stereocenters. The Balaban J connectivity index is 1.94. The first-order valence-electron chi connectivity index (χ1n) is 6.84. The van der Waals surface area contributed by atoms with Crippen LogP contribution in [0.15, 0.2) is 46.0 Å². The number of carboxylic acid groups (broad SMARTS) is 1. The van der Waals surface area contributed by atoms with Crippen LogP contribution in [0, 0.1) is 0 Å². The van der Waals surface area contributed by atoms with Crippen molar-refractivity contribution in [3.8, 4) is 16.3 Å². The molecule has 0 spiro atoms. The number of thiophene rings is 1. The molecule has 2 N–H and O–H groups in total. The second-order valence-electron chi connectivity index (χ2n) is 4.79. The van der Waals surface area contributed by atoms with Crippen molar-refractivity contribution in [2.75, 3.05) is 11.8 Å². The standard InChI is InChI=1S/C15H12N2O5S3/c1-22-11-5-4-9(14(18)19)7-13(11)25(20,21)17-15-16-10(8-24-15)12-3-2-6-23-12/h2-8H,1H3,(H,16,17)(H,18,19). The molecule has 25 heavy (non-hydrogen) atoms. The summed E-state index contributed by atoms with van der Waals surface area (Å²) < 4.78 is 32.7. The van der Waals surface area contributed by atoms with Crippen molar-refractivity contribution >= 4 is 43.8 Å². The highest BCUT2D eigenvalue weighted by Crippen LogP contribution is 2.31. The van der Waals surface area contributed by atoms with E-state index in [0.29, 0.717) is 5.69 Å². The van der Waals surface area contributed by atoms with Crippen molar-refractivity contribution in [1.82, 2.24) is 4.98 Å². The minimum Gasteiger partial charge on any atom is -0.495 e. The normalized spacial score (nSPS) is 11.2. The summed E-state index contributed by atoms with van der Waals surface area (Å²) >= 11 is 2.64. The van der Waals surface area contributed by atoms with Crippen molar-refractivity contribution in [2.45, 2.75) is 4.90 Å². The van der Waals surface area contributed by atoms with Gasteiger partial charge in [-0.1, -0.05) is 6.07 Å². The van der Waals surface area contributed by atoms with Crippen LogP contribution in [0.25, 0.3) is 10.6 Å². The van der Waals surface area contributed by atoms with Crippen molar-refractivity contribution in [3.63, 3.8) is 0 Å². The van der Waals surface area contributed by atoms with Gasteiger partial charge in [-0.2, -0.15) is 0 Å². The lowest BCUT2D eigenvalue weighted by Gasteiger charge is -2.10. The molecule has 0 fully saturated rings. The Labute approximate surface area is 151 Å². The first-order valence-corrected chi connectivity index (χ1v) is 10.1. The van der Waals surface area contributed by atoms with E-state index < -0.39 is 16.0 Å². The first-order chi connectivity index (χ1) is 11.9. The number of nitrogens with one attached hydrogen (secondary N) is 1. The molecule has 3 aromatic rings. The molecule has 0 unspecified atom stereocenters. The number of carboxylic acids is 1. The van der Waals surface area contributed by atoms with Gasteiger partial charge in [0.2, 0.25) is 0 Å². The summed E-state index contributed by atoms with van der Waals surface area (Å²) in [5, 5.41) is 12.9. The molecule has 3 rings (SSSR count). The van der Waals surface area contributed by atoms with E-state index in [1.54, 1.807) is 5.38 Å². The van der Waals surface area contributed by atoms with Crippen molar-refractivity contribution in [2.24, 2.45) is 0 Å². The van der Waals surface area contributed by atoms with E-state index in [-0.39, 0.29) is 21.3 Å². The highest BCUT2D eigenvalue weighted by molar-refractivity contribution is 7.93. The van der Waals surface area contributed by atoms with Crippen LogP contribution >= 0.6 is 22.7 Å². The lowest BCUT2D eigenvalue weighted by molar-refractivity contribution is 0.0696. The third-order valence-corrected chi connectivity index (χ3v) is 6.34. The minimum atomic E-state index is -4.05. The summed E-state index contributed by atoms with van der Waals surface area (Å²) in [6.45, 7) is 0. The van der Waals surface area contributed by atoms with Gasteiger partial charge in [-0.25, -0.2) is 18.2 Å². The van der Waals surface area contributed by atoms with E-state index in [9.17, 15) is 13.2 Å². The van der Waals surface area contributed by atoms with Gasteiger partial charge in [0.25, 0.3) is 10.0 Å². The summed E-state index contributed by atoms with van der Waals surface area (Å²) in [5.74, 6) is -1.18. The van der Waals surface area contributed by atoms with Crippen LogP contribution in [0.4, 0.5) is 5.13 Å². The summed E-state index contributed by atoms with van der Waals surface area (Å²) in [4.78, 5) is 16.0. The number of hydrogen-bond acceptors (Lipinski definition) is 7. The van der Waals surface area contributed by atoms with Gasteiger partial charge >= 0.3 is 5.97 Å². The topological polar surface area (TPSA) is 106 Å². The number of thiazole rings is 1. The Morgan fingerprint density at radius 2 is 2.08 bits per heavy atom. The molecule has 7 nitrogen and oxygen atoms in total. The third-order valence-electron chi connectivity index (χ3n) is 3.20. The van der Waals surface area contributed by atoms with Crippen LogP contribution in [0.3, 0.4) is 0 Å². The zero-order valence-electron chi connectivity index (χ0n) is 12.8. The van der Waals surface area contributed by atoms with E-state index in [1.165, 1.54) is 30.6 Å². The van der Waals surface area contributed by atoms with Gasteiger partial charge in [0, 0.05) is 5.38 Å². The second-order valence-corrected chi connectivity index (χ2v) is 8.25. The number of carbonyl (C=O) groups is 1. The molecule has 0 saturated carbocycles. The van der Waals surface area contributed by atoms with Gasteiger partial charge in [0.05, 0.1) is 23.2 Å². The molecule has 0 aliphatic carbocycles. The van der Waals surface area contributed by atoms with Gasteiger partial charge in [0.15, 0.2) is 5.13 Å². The number of methoxy groups -OCH3 is 1. The van der Waals surface area contributed by atoms with E-state index in [1.807, 2.05) is 17.5 Å². The van der Waals surface area contributed by atoms with Gasteiger partial charge in [0.1, 0.15) is 10.6 Å². The number of sulfonamides is 1. The molecule has 0 amide bonds.